The van der Waals surface area contributed by atoms with Gasteiger partial charge < -0.3 is 27.3 Å². The number of carbonyl (C=O) groups excluding carboxylic acids is 1. The lowest BCUT2D eigenvalue weighted by atomic mass is 9.61. The van der Waals surface area contributed by atoms with Crippen LogP contribution in [0, 0.1) is 5.92 Å². The Bertz CT molecular complexity index is 877. The molecule has 4 nitrogen and oxygen atoms in total. The van der Waals surface area contributed by atoms with Gasteiger partial charge in [-0.3, -0.25) is 4.79 Å². The van der Waals surface area contributed by atoms with Crippen LogP contribution in [-0.4, -0.2) is 41.6 Å². The van der Waals surface area contributed by atoms with Gasteiger partial charge in [-0.1, -0.05) is 25.1 Å². The number of aromatic hydroxyl groups is 1. The van der Waals surface area contributed by atoms with Gasteiger partial charge in [-0.2, -0.15) is 0 Å². The number of piperidine rings is 1. The molecule has 2 saturated heterocycles. The van der Waals surface area contributed by atoms with Crippen molar-refractivity contribution in [2.45, 2.75) is 44.6 Å². The van der Waals surface area contributed by atoms with Gasteiger partial charge in [0.15, 0.2) is 0 Å². The molecular formula is C22H27ClN2O2. The summed E-state index contributed by atoms with van der Waals surface area (Å²) >= 11 is 0. The van der Waals surface area contributed by atoms with Gasteiger partial charge in [-0.05, 0) is 30.5 Å². The van der Waals surface area contributed by atoms with Crippen molar-refractivity contribution >= 4 is 12.0 Å². The molecule has 2 bridgehead atoms. The Morgan fingerprint density at radius 1 is 1.41 bits per heavy atom. The predicted molar refractivity (Wildman–Crippen MR) is 102 cm³/mol. The van der Waals surface area contributed by atoms with Crippen molar-refractivity contribution < 1.29 is 26.8 Å². The van der Waals surface area contributed by atoms with E-state index in [9.17, 15) is 9.90 Å². The highest BCUT2D eigenvalue weighted by atomic mass is 35.5. The van der Waals surface area contributed by atoms with Gasteiger partial charge >= 0.3 is 0 Å². The number of hydrogen-bond acceptors (Lipinski definition) is 3. The van der Waals surface area contributed by atoms with Crippen molar-refractivity contribution in [3.8, 4) is 5.75 Å². The Hall–Kier alpha value is -1.78. The van der Waals surface area contributed by atoms with Gasteiger partial charge in [-0.15, -0.1) is 0 Å². The number of aldehydes is 1. The van der Waals surface area contributed by atoms with Gasteiger partial charge in [0.1, 0.15) is 24.6 Å². The van der Waals surface area contributed by atoms with Crippen LogP contribution in [0.15, 0.2) is 41.1 Å². The number of nitrogens with zero attached hydrogens (tertiary/aromatic N) is 1. The Kier molecular flexibility index (Phi) is 4.21. The zero-order valence-corrected chi connectivity index (χ0v) is 16.7. The Labute approximate surface area is 166 Å². The van der Waals surface area contributed by atoms with Crippen molar-refractivity contribution in [1.82, 2.24) is 0 Å². The fraction of sp³-hybridized carbons (Fsp3) is 0.500. The molecule has 0 amide bonds. The van der Waals surface area contributed by atoms with E-state index in [0.717, 1.165) is 53.7 Å². The van der Waals surface area contributed by atoms with Crippen LogP contribution < -0.4 is 17.7 Å². The van der Waals surface area contributed by atoms with Crippen LogP contribution in [0.5, 0.6) is 5.75 Å². The normalized spacial score (nSPS) is 36.7. The highest BCUT2D eigenvalue weighted by molar-refractivity contribution is 5.85. The standard InChI is InChI=1S/C22H26N2O2.ClH/c1-3-9-24-10-8-22-17-6-5-7-18(26)20(17)23-21(22)16(13-25)15(11-19(22)24)14(4-2)12-24;/h4-7,13,15,19H,3,8-12H2,1-2H3,(H-,23,25,26);1H/t15-,19-,22+,24?;/m0./s1. The van der Waals surface area contributed by atoms with Gasteiger partial charge in [0.05, 0.1) is 24.2 Å². The van der Waals surface area contributed by atoms with E-state index < -0.39 is 0 Å². The summed E-state index contributed by atoms with van der Waals surface area (Å²) in [5.74, 6) is 0.529. The van der Waals surface area contributed by atoms with Crippen LogP contribution in [0.25, 0.3) is 0 Å². The van der Waals surface area contributed by atoms with Crippen molar-refractivity contribution in [3.63, 3.8) is 0 Å². The van der Waals surface area contributed by atoms with E-state index in [0.29, 0.717) is 11.8 Å². The minimum atomic E-state index is -0.130. The molecule has 2 fully saturated rings. The fourth-order valence-corrected chi connectivity index (χ4v) is 6.73. The minimum absolute atomic E-state index is 0. The lowest BCUT2D eigenvalue weighted by Gasteiger charge is -2.53. The molecule has 1 aromatic rings. The van der Waals surface area contributed by atoms with Crippen molar-refractivity contribution in [2.24, 2.45) is 5.92 Å². The molecule has 0 aromatic heterocycles. The van der Waals surface area contributed by atoms with E-state index in [1.165, 1.54) is 24.1 Å². The largest absolute Gasteiger partial charge is 1.00 e. The SMILES string of the molecule is CC=C1C[N+]2(CCC)CC[C@]34C(=C(C=O)[C@H]1C[C@@H]32)Nc1c(O)cccc14.[Cl-]. The fourth-order valence-electron chi connectivity index (χ4n) is 6.73. The molecule has 1 aliphatic carbocycles. The third kappa shape index (κ3) is 2.06. The lowest BCUT2D eigenvalue weighted by Crippen LogP contribution is -3.00. The van der Waals surface area contributed by atoms with Crippen LogP contribution in [0.3, 0.4) is 0 Å². The molecule has 3 heterocycles. The monoisotopic (exact) mass is 386 g/mol. The number of carbonyl (C=O) groups is 1. The first kappa shape index (κ1) is 18.6. The van der Waals surface area contributed by atoms with Crippen molar-refractivity contribution in [3.05, 3.63) is 46.7 Å². The summed E-state index contributed by atoms with van der Waals surface area (Å²) in [7, 11) is 0. The molecule has 4 atom stereocenters. The number of phenols is 1. The first-order valence-electron chi connectivity index (χ1n) is 9.91. The maximum atomic E-state index is 12.2. The summed E-state index contributed by atoms with van der Waals surface area (Å²) < 4.78 is 1.14. The van der Waals surface area contributed by atoms with Gasteiger partial charge in [0, 0.05) is 30.0 Å². The molecule has 0 saturated carbocycles. The van der Waals surface area contributed by atoms with Gasteiger partial charge in [-0.25, -0.2) is 0 Å². The molecule has 1 unspecified atom stereocenters. The number of phenolic OH excluding ortho intramolecular Hbond substituents is 1. The number of anilines is 1. The Morgan fingerprint density at radius 2 is 2.22 bits per heavy atom. The number of rotatable bonds is 3. The molecule has 1 spiro atoms. The van der Waals surface area contributed by atoms with Crippen LogP contribution in [0.4, 0.5) is 5.69 Å². The second kappa shape index (κ2) is 6.11. The number of allylic oxidation sites excluding steroid dienone is 2. The average Bonchev–Trinajstić information content (AvgIpc) is 3.17. The van der Waals surface area contributed by atoms with Gasteiger partial charge in [0.2, 0.25) is 0 Å². The van der Waals surface area contributed by atoms with E-state index in [2.05, 4.69) is 31.3 Å². The highest BCUT2D eigenvalue weighted by Gasteiger charge is 2.68. The molecule has 27 heavy (non-hydrogen) atoms. The number of quaternary nitrogens is 1. The highest BCUT2D eigenvalue weighted by Crippen LogP contribution is 2.64. The topological polar surface area (TPSA) is 49.3 Å². The number of halogens is 1. The third-order valence-electron chi connectivity index (χ3n) is 7.64. The Morgan fingerprint density at radius 3 is 2.93 bits per heavy atom. The van der Waals surface area contributed by atoms with Crippen molar-refractivity contribution in [2.75, 3.05) is 25.0 Å². The van der Waals surface area contributed by atoms with E-state index in [1.807, 2.05) is 6.07 Å². The zero-order valence-electron chi connectivity index (χ0n) is 16.0. The number of nitrogens with one attached hydrogen (secondary N) is 1. The maximum absolute atomic E-state index is 12.2. The molecule has 5 heteroatoms. The first-order valence-corrected chi connectivity index (χ1v) is 9.91. The second-order valence-corrected chi connectivity index (χ2v) is 8.49. The molecule has 3 aliphatic heterocycles. The van der Waals surface area contributed by atoms with Crippen LogP contribution >= 0.6 is 0 Å². The summed E-state index contributed by atoms with van der Waals surface area (Å²) in [5.41, 5.74) is 5.32. The number of fused-ring (bicyclic) bond motifs is 2. The average molecular weight is 387 g/mol. The number of para-hydroxylation sites is 1. The smallest absolute Gasteiger partial charge is 0.148 e. The van der Waals surface area contributed by atoms with E-state index >= 15 is 0 Å². The molecule has 2 N–H and O–H groups in total. The second-order valence-electron chi connectivity index (χ2n) is 8.49. The van der Waals surface area contributed by atoms with E-state index in [1.54, 1.807) is 6.07 Å². The third-order valence-corrected chi connectivity index (χ3v) is 7.64. The zero-order chi connectivity index (χ0) is 18.1. The molecule has 1 aromatic carbocycles. The van der Waals surface area contributed by atoms with Crippen LogP contribution in [0.1, 0.15) is 38.7 Å². The molecule has 4 aliphatic rings. The number of benzene rings is 1. The van der Waals surface area contributed by atoms with Crippen LogP contribution in [0.2, 0.25) is 0 Å². The summed E-state index contributed by atoms with van der Waals surface area (Å²) in [4.78, 5) is 12.2. The summed E-state index contributed by atoms with van der Waals surface area (Å²) in [6.45, 7) is 7.80. The first-order chi connectivity index (χ1) is 12.6. The number of hydrogen-bond donors (Lipinski definition) is 2. The van der Waals surface area contributed by atoms with E-state index in [4.69, 9.17) is 0 Å². The molecule has 5 rings (SSSR count). The van der Waals surface area contributed by atoms with Gasteiger partial charge in [0.25, 0.3) is 0 Å². The summed E-state index contributed by atoms with van der Waals surface area (Å²) in [6.07, 6.45) is 6.60. The molecular weight excluding hydrogens is 360 g/mol. The van der Waals surface area contributed by atoms with Crippen molar-refractivity contribution in [1.29, 1.82) is 0 Å². The van der Waals surface area contributed by atoms with Crippen LogP contribution in [-0.2, 0) is 10.2 Å². The quantitative estimate of drug-likeness (QED) is 0.344. The summed E-state index contributed by atoms with van der Waals surface area (Å²) in [6, 6.07) is 6.35. The molecule has 0 radical (unpaired) electrons. The lowest BCUT2D eigenvalue weighted by molar-refractivity contribution is -0.941. The predicted octanol–water partition coefficient (Wildman–Crippen LogP) is 0.491. The maximum Gasteiger partial charge on any atom is 0.148 e. The Balaban J connectivity index is 0.00000180. The molecule has 144 valence electrons. The summed E-state index contributed by atoms with van der Waals surface area (Å²) in [5, 5.41) is 14.0. The van der Waals surface area contributed by atoms with E-state index in [-0.39, 0.29) is 23.7 Å². The minimum Gasteiger partial charge on any atom is -1.00 e.